The van der Waals surface area contributed by atoms with E-state index < -0.39 is 47.9 Å². The van der Waals surface area contributed by atoms with Gasteiger partial charge in [-0.3, -0.25) is 14.4 Å². The Labute approximate surface area is 163 Å². The first-order chi connectivity index (χ1) is 13.2. The molecule has 11 nitrogen and oxygen atoms in total. The van der Waals surface area contributed by atoms with Crippen LogP contribution in [0.25, 0.3) is 0 Å². The SMILES string of the molecule is C[C@@H](O)[C@H](NC(=O)[C@H](CCCCN)NC(=O)CN)C(=O)N1CCC[C@H]1C(=O)O. The number of carbonyl (C=O) groups is 4. The maximum atomic E-state index is 12.8. The van der Waals surface area contributed by atoms with Crippen LogP contribution in [0.3, 0.4) is 0 Å². The molecule has 0 aromatic heterocycles. The van der Waals surface area contributed by atoms with E-state index in [2.05, 4.69) is 10.6 Å². The van der Waals surface area contributed by atoms with Crippen LogP contribution < -0.4 is 22.1 Å². The molecular weight excluding hydrogens is 370 g/mol. The van der Waals surface area contributed by atoms with Crippen LogP contribution in [0.2, 0.25) is 0 Å². The zero-order valence-corrected chi connectivity index (χ0v) is 16.1. The zero-order valence-electron chi connectivity index (χ0n) is 16.1. The number of unbranched alkanes of at least 4 members (excludes halogenated alkanes) is 1. The van der Waals surface area contributed by atoms with Crippen molar-refractivity contribution < 1.29 is 29.4 Å². The maximum Gasteiger partial charge on any atom is 0.326 e. The van der Waals surface area contributed by atoms with Crippen LogP contribution in [-0.2, 0) is 19.2 Å². The number of rotatable bonds is 11. The van der Waals surface area contributed by atoms with Gasteiger partial charge in [0.15, 0.2) is 0 Å². The predicted molar refractivity (Wildman–Crippen MR) is 99.9 cm³/mol. The molecule has 1 aliphatic rings. The lowest BCUT2D eigenvalue weighted by Crippen LogP contribution is -2.59. The minimum absolute atomic E-state index is 0.235. The van der Waals surface area contributed by atoms with Crippen molar-refractivity contribution in [2.24, 2.45) is 11.5 Å². The van der Waals surface area contributed by atoms with Gasteiger partial charge in [-0.05, 0) is 45.6 Å². The molecule has 0 bridgehead atoms. The maximum absolute atomic E-state index is 12.8. The molecule has 1 fully saturated rings. The summed E-state index contributed by atoms with van der Waals surface area (Å²) < 4.78 is 0. The highest BCUT2D eigenvalue weighted by atomic mass is 16.4. The van der Waals surface area contributed by atoms with Crippen LogP contribution >= 0.6 is 0 Å². The molecule has 0 spiro atoms. The molecular formula is C17H31N5O6. The number of carboxylic acids is 1. The van der Waals surface area contributed by atoms with Crippen LogP contribution in [0.5, 0.6) is 0 Å². The van der Waals surface area contributed by atoms with Crippen LogP contribution in [0.1, 0.15) is 39.0 Å². The fourth-order valence-electron chi connectivity index (χ4n) is 3.12. The van der Waals surface area contributed by atoms with E-state index in [0.717, 1.165) is 4.90 Å². The third kappa shape index (κ3) is 6.73. The highest BCUT2D eigenvalue weighted by molar-refractivity contribution is 5.94. The molecule has 1 heterocycles. The van der Waals surface area contributed by atoms with E-state index in [1.54, 1.807) is 0 Å². The molecule has 160 valence electrons. The average molecular weight is 401 g/mol. The molecule has 4 atom stereocenters. The normalized spacial score (nSPS) is 19.6. The number of hydrogen-bond acceptors (Lipinski definition) is 7. The van der Waals surface area contributed by atoms with Gasteiger partial charge in [-0.1, -0.05) is 0 Å². The summed E-state index contributed by atoms with van der Waals surface area (Å²) >= 11 is 0. The van der Waals surface area contributed by atoms with Crippen LogP contribution in [0.4, 0.5) is 0 Å². The van der Waals surface area contributed by atoms with Crippen molar-refractivity contribution in [2.75, 3.05) is 19.6 Å². The van der Waals surface area contributed by atoms with E-state index in [9.17, 15) is 29.4 Å². The van der Waals surface area contributed by atoms with Gasteiger partial charge in [-0.15, -0.1) is 0 Å². The molecule has 8 N–H and O–H groups in total. The smallest absolute Gasteiger partial charge is 0.326 e. The van der Waals surface area contributed by atoms with Crippen molar-refractivity contribution in [1.82, 2.24) is 15.5 Å². The number of aliphatic hydroxyl groups is 1. The van der Waals surface area contributed by atoms with Crippen molar-refractivity contribution >= 4 is 23.7 Å². The number of likely N-dealkylation sites (tertiary alicyclic amines) is 1. The third-order valence-corrected chi connectivity index (χ3v) is 4.65. The van der Waals surface area contributed by atoms with E-state index in [1.165, 1.54) is 6.92 Å². The van der Waals surface area contributed by atoms with Crippen molar-refractivity contribution in [3.63, 3.8) is 0 Å². The van der Waals surface area contributed by atoms with Gasteiger partial charge in [-0.25, -0.2) is 4.79 Å². The molecule has 0 unspecified atom stereocenters. The first-order valence-electron chi connectivity index (χ1n) is 9.44. The number of nitrogens with zero attached hydrogens (tertiary/aromatic N) is 1. The van der Waals surface area contributed by atoms with Gasteiger partial charge in [0, 0.05) is 6.54 Å². The number of amides is 3. The highest BCUT2D eigenvalue weighted by Gasteiger charge is 2.39. The van der Waals surface area contributed by atoms with Crippen molar-refractivity contribution in [3.8, 4) is 0 Å². The van der Waals surface area contributed by atoms with E-state index >= 15 is 0 Å². The standard InChI is InChI=1S/C17H31N5O6/c1-10(23)14(16(26)22-8-4-6-12(22)17(27)28)21-15(25)11(5-2-3-7-18)20-13(24)9-19/h10-12,14,23H,2-9,18-19H2,1H3,(H,20,24)(H,21,25)(H,27,28)/t10-,11+,12+,14+/m1/s1. The molecule has 11 heteroatoms. The van der Waals surface area contributed by atoms with Crippen LogP contribution in [-0.4, -0.2) is 82.7 Å². The summed E-state index contributed by atoms with van der Waals surface area (Å²) in [5, 5.41) is 24.2. The highest BCUT2D eigenvalue weighted by Crippen LogP contribution is 2.19. The Morgan fingerprint density at radius 1 is 1.18 bits per heavy atom. The summed E-state index contributed by atoms with van der Waals surface area (Å²) in [4.78, 5) is 49.5. The van der Waals surface area contributed by atoms with E-state index in [4.69, 9.17) is 11.5 Å². The molecule has 0 radical (unpaired) electrons. The third-order valence-electron chi connectivity index (χ3n) is 4.65. The predicted octanol–water partition coefficient (Wildman–Crippen LogP) is -2.50. The zero-order chi connectivity index (χ0) is 21.3. The van der Waals surface area contributed by atoms with Crippen LogP contribution in [0, 0.1) is 0 Å². The van der Waals surface area contributed by atoms with Gasteiger partial charge in [0.2, 0.25) is 17.7 Å². The molecule has 0 aromatic rings. The first-order valence-corrected chi connectivity index (χ1v) is 9.44. The van der Waals surface area contributed by atoms with Gasteiger partial charge < -0.3 is 37.2 Å². The second-order valence-corrected chi connectivity index (χ2v) is 6.86. The minimum atomic E-state index is -1.32. The Bertz CT molecular complexity index is 570. The van der Waals surface area contributed by atoms with Gasteiger partial charge >= 0.3 is 5.97 Å². The molecule has 1 rings (SSSR count). The number of nitrogens with two attached hydrogens (primary N) is 2. The Kier molecular flexibility index (Phi) is 9.83. The topological polar surface area (TPSA) is 188 Å². The molecule has 0 aromatic carbocycles. The number of carboxylic acid groups (broad SMARTS) is 1. The lowest BCUT2D eigenvalue weighted by atomic mass is 10.1. The molecule has 1 saturated heterocycles. The number of nitrogens with one attached hydrogen (secondary N) is 2. The summed E-state index contributed by atoms with van der Waals surface area (Å²) in [5.41, 5.74) is 10.7. The summed E-state index contributed by atoms with van der Waals surface area (Å²) in [6, 6.07) is -3.24. The fourth-order valence-corrected chi connectivity index (χ4v) is 3.12. The van der Waals surface area contributed by atoms with Crippen molar-refractivity contribution in [2.45, 2.75) is 63.3 Å². The Morgan fingerprint density at radius 2 is 1.86 bits per heavy atom. The molecule has 28 heavy (non-hydrogen) atoms. The number of carbonyl (C=O) groups excluding carboxylic acids is 3. The minimum Gasteiger partial charge on any atom is -0.480 e. The number of aliphatic carboxylic acids is 1. The number of aliphatic hydroxyl groups excluding tert-OH is 1. The molecule has 0 aliphatic carbocycles. The number of hydrogen-bond donors (Lipinski definition) is 6. The van der Waals surface area contributed by atoms with Crippen molar-refractivity contribution in [1.29, 1.82) is 0 Å². The Hall–Kier alpha value is -2.24. The Morgan fingerprint density at radius 3 is 2.39 bits per heavy atom. The van der Waals surface area contributed by atoms with Gasteiger partial charge in [-0.2, -0.15) is 0 Å². The largest absolute Gasteiger partial charge is 0.480 e. The Balaban J connectivity index is 2.88. The second kappa shape index (κ2) is 11.6. The van der Waals surface area contributed by atoms with E-state index in [1.807, 2.05) is 0 Å². The monoisotopic (exact) mass is 401 g/mol. The average Bonchev–Trinajstić information content (AvgIpc) is 3.14. The lowest BCUT2D eigenvalue weighted by Gasteiger charge is -2.30. The van der Waals surface area contributed by atoms with E-state index in [-0.39, 0.29) is 19.5 Å². The van der Waals surface area contributed by atoms with Gasteiger partial charge in [0.05, 0.1) is 12.6 Å². The quantitative estimate of drug-likeness (QED) is 0.205. The van der Waals surface area contributed by atoms with Gasteiger partial charge in [0.25, 0.3) is 0 Å². The molecule has 0 saturated carbocycles. The fraction of sp³-hybridized carbons (Fsp3) is 0.765. The summed E-state index contributed by atoms with van der Waals surface area (Å²) in [7, 11) is 0. The van der Waals surface area contributed by atoms with Gasteiger partial charge in [0.1, 0.15) is 18.1 Å². The lowest BCUT2D eigenvalue weighted by molar-refractivity contribution is -0.150. The summed E-state index contributed by atoms with van der Waals surface area (Å²) in [6.45, 7) is 1.70. The molecule has 3 amide bonds. The van der Waals surface area contributed by atoms with Crippen molar-refractivity contribution in [3.05, 3.63) is 0 Å². The van der Waals surface area contributed by atoms with Crippen LogP contribution in [0.15, 0.2) is 0 Å². The first kappa shape index (κ1) is 23.8. The molecule has 1 aliphatic heterocycles. The summed E-state index contributed by atoms with van der Waals surface area (Å²) in [5.74, 6) is -2.97. The second-order valence-electron chi connectivity index (χ2n) is 6.86. The summed E-state index contributed by atoms with van der Waals surface area (Å²) in [6.07, 6.45) is 1.10. The van der Waals surface area contributed by atoms with E-state index in [0.29, 0.717) is 32.2 Å².